The van der Waals surface area contributed by atoms with Crippen LogP contribution in [0.25, 0.3) is 0 Å². The number of fused-ring (bicyclic) bond motifs is 1. The number of nitrogens with zero attached hydrogens (tertiary/aromatic N) is 1. The van der Waals surface area contributed by atoms with E-state index in [9.17, 15) is 9.59 Å². The zero-order valence-electron chi connectivity index (χ0n) is 17.3. The molecule has 3 aliphatic rings. The van der Waals surface area contributed by atoms with Gasteiger partial charge in [-0.1, -0.05) is 19.8 Å². The number of halogens is 3. The Bertz CT molecular complexity index is 842. The van der Waals surface area contributed by atoms with Crippen molar-refractivity contribution in [3.05, 3.63) is 27.7 Å². The van der Waals surface area contributed by atoms with E-state index >= 15 is 4.39 Å². The molecule has 0 aromatic carbocycles. The van der Waals surface area contributed by atoms with Crippen LogP contribution in [0.5, 0.6) is 0 Å². The van der Waals surface area contributed by atoms with Crippen LogP contribution in [0.3, 0.4) is 0 Å². The highest BCUT2D eigenvalue weighted by Crippen LogP contribution is 2.48. The number of aromatic amines is 1. The number of nitrogens with one attached hydrogen (secondary N) is 2. The number of alkyl halides is 3. The van der Waals surface area contributed by atoms with Crippen LogP contribution < -0.4 is 10.9 Å². The second-order valence-corrected chi connectivity index (χ2v) is 10.7. The van der Waals surface area contributed by atoms with E-state index in [0.29, 0.717) is 32.1 Å². The summed E-state index contributed by atoms with van der Waals surface area (Å²) in [6.07, 6.45) is 5.71. The lowest BCUT2D eigenvalue weighted by atomic mass is 9.68. The van der Waals surface area contributed by atoms with Gasteiger partial charge in [0.1, 0.15) is 6.17 Å². The molecule has 4 rings (SSSR count). The normalized spacial score (nSPS) is 34.2. The Labute approximate surface area is 186 Å². The van der Waals surface area contributed by atoms with Gasteiger partial charge in [-0.2, -0.15) is 5.10 Å². The monoisotopic (exact) mass is 457 g/mol. The molecule has 1 aromatic rings. The lowest BCUT2D eigenvalue weighted by molar-refractivity contribution is -0.128. The van der Waals surface area contributed by atoms with Crippen molar-refractivity contribution in [2.24, 2.45) is 17.3 Å². The van der Waals surface area contributed by atoms with E-state index in [2.05, 4.69) is 22.4 Å². The summed E-state index contributed by atoms with van der Waals surface area (Å²) in [4.78, 5) is 25.0. The average Bonchev–Trinajstić information content (AvgIpc) is 3.17. The molecular weight excluding hydrogens is 428 g/mol. The predicted molar refractivity (Wildman–Crippen MR) is 116 cm³/mol. The van der Waals surface area contributed by atoms with Gasteiger partial charge in [0.15, 0.2) is 0 Å². The minimum absolute atomic E-state index is 0.0770. The van der Waals surface area contributed by atoms with Crippen molar-refractivity contribution < 1.29 is 9.18 Å². The quantitative estimate of drug-likeness (QED) is 0.673. The van der Waals surface area contributed by atoms with Crippen LogP contribution in [-0.4, -0.2) is 39.1 Å². The number of aromatic nitrogens is 2. The van der Waals surface area contributed by atoms with E-state index in [-0.39, 0.29) is 34.2 Å². The van der Waals surface area contributed by atoms with E-state index < -0.39 is 17.5 Å². The highest BCUT2D eigenvalue weighted by Gasteiger charge is 2.50. The molecular formula is C22H30Cl2FN3O2. The molecule has 1 aromatic heterocycles. The van der Waals surface area contributed by atoms with Crippen LogP contribution in [-0.2, 0) is 17.6 Å². The minimum atomic E-state index is -1.07. The number of H-pyrrole nitrogens is 1. The minimum Gasteiger partial charge on any atom is -0.352 e. The summed E-state index contributed by atoms with van der Waals surface area (Å²) in [7, 11) is 0. The third-order valence-electron chi connectivity index (χ3n) is 7.57. The SMILES string of the molecule is CC1(C(NC(=O)C2CCc3n[nH]c(=O)cc3C2)C2C(F)CCC(Cl)C2Cl)CCCC1. The van der Waals surface area contributed by atoms with Crippen molar-refractivity contribution in [3.8, 4) is 0 Å². The Balaban J connectivity index is 1.56. The lowest BCUT2D eigenvalue weighted by Gasteiger charge is -2.46. The molecule has 0 aliphatic heterocycles. The number of aryl methyl sites for hydroxylation is 1. The molecule has 1 heterocycles. The number of amides is 1. The maximum atomic E-state index is 15.1. The summed E-state index contributed by atoms with van der Waals surface area (Å²) in [6, 6.07) is 1.19. The number of carbonyl (C=O) groups is 1. The Morgan fingerprint density at radius 1 is 1.30 bits per heavy atom. The van der Waals surface area contributed by atoms with Crippen LogP contribution in [0.15, 0.2) is 10.9 Å². The molecule has 0 radical (unpaired) electrons. The highest BCUT2D eigenvalue weighted by molar-refractivity contribution is 6.30. The molecule has 6 unspecified atom stereocenters. The maximum absolute atomic E-state index is 15.1. The van der Waals surface area contributed by atoms with Crippen molar-refractivity contribution in [1.29, 1.82) is 0 Å². The molecule has 166 valence electrons. The van der Waals surface area contributed by atoms with Crippen LogP contribution in [0.2, 0.25) is 0 Å². The predicted octanol–water partition coefficient (Wildman–Crippen LogP) is 3.90. The zero-order chi connectivity index (χ0) is 21.5. The molecule has 30 heavy (non-hydrogen) atoms. The van der Waals surface area contributed by atoms with E-state index in [1.54, 1.807) is 0 Å². The summed E-state index contributed by atoms with van der Waals surface area (Å²) >= 11 is 13.1. The Morgan fingerprint density at radius 2 is 2.03 bits per heavy atom. The molecule has 2 fully saturated rings. The van der Waals surface area contributed by atoms with E-state index in [1.165, 1.54) is 6.07 Å². The first kappa shape index (κ1) is 22.1. The van der Waals surface area contributed by atoms with Crippen LogP contribution in [0, 0.1) is 17.3 Å². The largest absolute Gasteiger partial charge is 0.352 e. The van der Waals surface area contributed by atoms with Gasteiger partial charge in [-0.25, -0.2) is 9.49 Å². The summed E-state index contributed by atoms with van der Waals surface area (Å²) in [5.74, 6) is -0.821. The maximum Gasteiger partial charge on any atom is 0.264 e. The molecule has 3 aliphatic carbocycles. The van der Waals surface area contributed by atoms with E-state index in [0.717, 1.165) is 36.9 Å². The van der Waals surface area contributed by atoms with Gasteiger partial charge in [0, 0.05) is 23.9 Å². The third kappa shape index (κ3) is 4.27. The van der Waals surface area contributed by atoms with Crippen molar-refractivity contribution in [1.82, 2.24) is 15.5 Å². The van der Waals surface area contributed by atoms with Crippen molar-refractivity contribution in [2.75, 3.05) is 0 Å². The van der Waals surface area contributed by atoms with Crippen LogP contribution in [0.4, 0.5) is 4.39 Å². The summed E-state index contributed by atoms with van der Waals surface area (Å²) in [6.45, 7) is 2.15. The van der Waals surface area contributed by atoms with Crippen LogP contribution in [0.1, 0.15) is 63.1 Å². The molecule has 6 atom stereocenters. The molecule has 5 nitrogen and oxygen atoms in total. The Kier molecular flexibility index (Phi) is 6.45. The van der Waals surface area contributed by atoms with Gasteiger partial charge in [0.25, 0.3) is 5.56 Å². The summed E-state index contributed by atoms with van der Waals surface area (Å²) < 4.78 is 15.1. The van der Waals surface area contributed by atoms with Crippen molar-refractivity contribution in [3.63, 3.8) is 0 Å². The van der Waals surface area contributed by atoms with Gasteiger partial charge in [-0.3, -0.25) is 9.59 Å². The number of rotatable bonds is 4. The van der Waals surface area contributed by atoms with E-state index in [1.807, 2.05) is 0 Å². The fourth-order valence-electron chi connectivity index (χ4n) is 5.77. The van der Waals surface area contributed by atoms with Gasteiger partial charge in [0.2, 0.25) is 5.91 Å². The number of carbonyl (C=O) groups excluding carboxylic acids is 1. The summed E-state index contributed by atoms with van der Waals surface area (Å²) in [5.41, 5.74) is 1.23. The second kappa shape index (κ2) is 8.78. The van der Waals surface area contributed by atoms with Gasteiger partial charge in [-0.05, 0) is 55.9 Å². The van der Waals surface area contributed by atoms with Gasteiger partial charge >= 0.3 is 0 Å². The molecule has 2 saturated carbocycles. The van der Waals surface area contributed by atoms with Gasteiger partial charge in [0.05, 0.1) is 16.4 Å². The third-order valence-corrected chi connectivity index (χ3v) is 8.79. The van der Waals surface area contributed by atoms with Gasteiger partial charge in [-0.15, -0.1) is 23.2 Å². The van der Waals surface area contributed by atoms with Crippen molar-refractivity contribution >= 4 is 29.1 Å². The Hall–Kier alpha value is -1.14. The highest BCUT2D eigenvalue weighted by atomic mass is 35.5. The topological polar surface area (TPSA) is 74.8 Å². The smallest absolute Gasteiger partial charge is 0.264 e. The fourth-order valence-corrected chi connectivity index (χ4v) is 6.49. The van der Waals surface area contributed by atoms with Crippen LogP contribution >= 0.6 is 23.2 Å². The second-order valence-electron chi connectivity index (χ2n) is 9.62. The molecule has 1 amide bonds. The molecule has 0 bridgehead atoms. The molecule has 8 heteroatoms. The molecule has 0 saturated heterocycles. The van der Waals surface area contributed by atoms with Gasteiger partial charge < -0.3 is 5.32 Å². The number of hydrogen-bond acceptors (Lipinski definition) is 3. The standard InChI is InChI=1S/C22H30Cl2FN3O2/c1-22(8-2-3-9-22)20(18-15(25)6-5-14(23)19(18)24)26-21(30)12-4-7-16-13(10-12)11-17(29)28-27-16/h11-12,14-15,18-20H,2-10H2,1H3,(H,26,30)(H,28,29). The zero-order valence-corrected chi connectivity index (χ0v) is 18.8. The lowest BCUT2D eigenvalue weighted by Crippen LogP contribution is -2.58. The number of hydrogen-bond donors (Lipinski definition) is 2. The molecule has 2 N–H and O–H groups in total. The first-order valence-electron chi connectivity index (χ1n) is 11.1. The average molecular weight is 458 g/mol. The first-order valence-corrected chi connectivity index (χ1v) is 12.0. The van der Waals surface area contributed by atoms with Crippen molar-refractivity contribution in [2.45, 2.75) is 87.7 Å². The first-order chi connectivity index (χ1) is 14.3. The fraction of sp³-hybridized carbons (Fsp3) is 0.773. The molecule has 0 spiro atoms. The Morgan fingerprint density at radius 3 is 2.77 bits per heavy atom. The van der Waals surface area contributed by atoms with E-state index in [4.69, 9.17) is 23.2 Å². The summed E-state index contributed by atoms with van der Waals surface area (Å²) in [5, 5.41) is 9.00.